The van der Waals surface area contributed by atoms with Crippen molar-refractivity contribution in [3.8, 4) is 0 Å². The second kappa shape index (κ2) is 83.4. The van der Waals surface area contributed by atoms with Crippen LogP contribution >= 0.6 is 0 Å². The molecule has 0 amide bonds. The van der Waals surface area contributed by atoms with Crippen LogP contribution in [-0.2, 0) is 0 Å². The van der Waals surface area contributed by atoms with Crippen LogP contribution < -0.4 is 243 Å². The Morgan fingerprint density at radius 3 is 0.257 bits per heavy atom. The van der Waals surface area contributed by atoms with E-state index in [1.54, 1.807) is 0 Å². The molecular weight excluding hydrogens is 581 g/mol. The van der Waals surface area contributed by atoms with Gasteiger partial charge in [-0.15, -0.1) is 0 Å². The summed E-state index contributed by atoms with van der Waals surface area (Å²) in [6.07, 6.45) is -14.6. The van der Waals surface area contributed by atoms with E-state index in [0.717, 1.165) is 0 Å². The molecule has 0 saturated heterocycles. The van der Waals surface area contributed by atoms with Gasteiger partial charge in [-0.25, -0.2) is 0 Å². The molecule has 0 aromatic carbocycles. The van der Waals surface area contributed by atoms with Crippen LogP contribution in [0.5, 0.6) is 0 Å². The number of carbonyl (C=O) groups is 7. The van der Waals surface area contributed by atoms with Crippen molar-refractivity contribution >= 4 is 43.1 Å². The summed E-state index contributed by atoms with van der Waals surface area (Å²) in [5.41, 5.74) is 0. The van der Waals surface area contributed by atoms with E-state index in [0.29, 0.717) is 0 Å². The first-order valence-electron chi connectivity index (χ1n) is 4.42. The number of rotatable bonds is 0. The average molecular weight is 588 g/mol. The van der Waals surface area contributed by atoms with Crippen molar-refractivity contribution < 1.29 is 312 Å². The van der Waals surface area contributed by atoms with Crippen LogP contribution in [0.15, 0.2) is 0 Å². The molecule has 0 aromatic rings. The fourth-order valence-electron chi connectivity index (χ4n) is 0. The Kier molecular flexibility index (Phi) is 216. The molecule has 0 aliphatic carbocycles. The topological polar surface area (TPSA) is 423 Å². The first-order valence-corrected chi connectivity index (χ1v) is 4.42. The Balaban J connectivity index is -0.0000000119. The summed E-state index contributed by atoms with van der Waals surface area (Å²) in [6, 6.07) is 0. The van der Waals surface area contributed by atoms with E-state index < -0.39 is 43.1 Å². The van der Waals surface area contributed by atoms with E-state index in [1.165, 1.54) is 0 Å². The normalized spacial score (nSPS) is 4.80. The van der Waals surface area contributed by atoms with E-state index in [-0.39, 0.29) is 207 Å². The van der Waals surface area contributed by atoms with Crippen LogP contribution in [0.2, 0.25) is 0 Å². The first-order chi connectivity index (χ1) is 12.1. The maximum atomic E-state index is 8.44. The van der Waals surface area contributed by atoms with Crippen LogP contribution in [0.1, 0.15) is 0 Å². The molecule has 168 valence electrons. The van der Waals surface area contributed by atoms with Gasteiger partial charge in [0, 0.05) is 0 Å². The fraction of sp³-hybridized carbons (Fsp3) is 0. The summed E-state index contributed by atoms with van der Waals surface area (Å²) in [5.74, 6) is 0. The van der Waals surface area contributed by atoms with E-state index in [1.807, 2.05) is 0 Å². The Morgan fingerprint density at radius 2 is 0.257 bits per heavy atom. The Morgan fingerprint density at radius 1 is 0.257 bits per heavy atom. The summed E-state index contributed by atoms with van der Waals surface area (Å²) in [7, 11) is 0. The third-order valence-corrected chi connectivity index (χ3v) is 0. The maximum absolute atomic E-state index is 8.44. The van der Waals surface area contributed by atoms with Crippen molar-refractivity contribution in [3.63, 3.8) is 0 Å². The molecule has 0 aromatic heterocycles. The molecule has 21 nitrogen and oxygen atoms in total. The minimum atomic E-state index is -2.08. The molecule has 0 radical (unpaired) electrons. The molecule has 35 heavy (non-hydrogen) atoms. The molecule has 28 heteroatoms. The number of hydrogen-bond donors (Lipinski definition) is 7. The van der Waals surface area contributed by atoms with Gasteiger partial charge in [0.2, 0.25) is 43.1 Å². The second-order valence-corrected chi connectivity index (χ2v) is 1.86. The van der Waals surface area contributed by atoms with Gasteiger partial charge in [0.05, 0.1) is 0 Å². The second-order valence-electron chi connectivity index (χ2n) is 1.86. The smallest absolute Gasteiger partial charge is 0.565 e. The van der Waals surface area contributed by atoms with Gasteiger partial charge in [-0.2, -0.15) is 0 Å². The molecule has 0 bridgehead atoms. The molecule has 0 fully saturated rings. The summed E-state index contributed by atoms with van der Waals surface area (Å²) >= 11 is 0. The van der Waals surface area contributed by atoms with E-state index in [2.05, 4.69) is 0 Å². The third kappa shape index (κ3) is 11500. The molecule has 0 heterocycles. The van der Waals surface area contributed by atoms with Crippen molar-refractivity contribution in [1.29, 1.82) is 0 Å². The predicted molar refractivity (Wildman–Crippen MR) is 56.2 cm³/mol. The number of carboxylic acid groups (broad SMARTS) is 14. The van der Waals surface area contributed by atoms with Crippen molar-refractivity contribution in [2.24, 2.45) is 0 Å². The van der Waals surface area contributed by atoms with Gasteiger partial charge >= 0.3 is 207 Å². The zero-order chi connectivity index (χ0) is 25.0. The zero-order valence-electron chi connectivity index (χ0n) is 19.3. The van der Waals surface area contributed by atoms with E-state index >= 15 is 0 Å². The maximum Gasteiger partial charge on any atom is 1.00 e. The van der Waals surface area contributed by atoms with Gasteiger partial charge < -0.3 is 105 Å². The van der Waals surface area contributed by atoms with Crippen LogP contribution in [0.25, 0.3) is 0 Å². The molecule has 0 aliphatic rings. The van der Waals surface area contributed by atoms with Gasteiger partial charge in [-0.3, -0.25) is 0 Å². The Labute approximate surface area is 348 Å². The largest absolute Gasteiger partial charge is 1.00 e. The number of hydrogen-bond acceptors (Lipinski definition) is 14. The average Bonchev–Trinajstić information content (AvgIpc) is 2.20. The minimum Gasteiger partial charge on any atom is -0.565 e. The van der Waals surface area contributed by atoms with Gasteiger partial charge in [0.25, 0.3) is 0 Å². The van der Waals surface area contributed by atoms with Gasteiger partial charge in [-0.1, -0.05) is 0 Å². The van der Waals surface area contributed by atoms with Gasteiger partial charge in [-0.05, 0) is 0 Å². The summed E-state index contributed by atoms with van der Waals surface area (Å²) < 4.78 is 0. The predicted octanol–water partition coefficient (Wildman–Crippen LogP) is -28.8. The van der Waals surface area contributed by atoms with Crippen molar-refractivity contribution in [1.82, 2.24) is 0 Å². The van der Waals surface area contributed by atoms with Crippen molar-refractivity contribution in [2.75, 3.05) is 0 Å². The quantitative estimate of drug-likeness (QED) is 0.129. The summed E-state index contributed by atoms with van der Waals surface area (Å²) in [6.45, 7) is 0. The summed E-state index contributed by atoms with van der Waals surface area (Å²) in [5, 5.41) is 107. The van der Waals surface area contributed by atoms with Crippen molar-refractivity contribution in [3.05, 3.63) is 0 Å². The van der Waals surface area contributed by atoms with Crippen LogP contribution in [0.3, 0.4) is 0 Å². The molecule has 0 spiro atoms. The molecule has 0 atom stereocenters. The molecule has 0 saturated carbocycles. The van der Waals surface area contributed by atoms with Crippen molar-refractivity contribution in [2.45, 2.75) is 0 Å². The van der Waals surface area contributed by atoms with Crippen LogP contribution in [0, 0.1) is 0 Å². The molecule has 0 unspecified atom stereocenters. The minimum absolute atomic E-state index is 0. The molecular formula is C7H7Na7O21. The van der Waals surface area contributed by atoms with Gasteiger partial charge in [0.1, 0.15) is 0 Å². The van der Waals surface area contributed by atoms with Gasteiger partial charge in [0.15, 0.2) is 0 Å². The van der Waals surface area contributed by atoms with Crippen LogP contribution in [0.4, 0.5) is 33.6 Å². The molecule has 0 rings (SSSR count). The molecule has 0 aliphatic heterocycles. The Bertz CT molecular complexity index is 327. The zero-order valence-corrected chi connectivity index (χ0v) is 33.3. The standard InChI is InChI=1S/7CH2O3.7Na/c7*2-1(3)4;;;;;;;/h7*(H2,2,3,4);;;;;;;/q;;;;;;;7*+1/p-7. The summed E-state index contributed by atoms with van der Waals surface area (Å²) in [4.78, 5) is 59.1. The SMILES string of the molecule is O=C([O-])O.O=C([O-])O.O=C([O-])O.O=C([O-])O.O=C([O-])O.O=C([O-])O.O=C([O-])O.[Na+].[Na+].[Na+].[Na+].[Na+].[Na+].[Na+]. The first kappa shape index (κ1) is 90.7. The monoisotopic (exact) mass is 588 g/mol. The van der Waals surface area contributed by atoms with E-state index in [4.69, 9.17) is 105 Å². The van der Waals surface area contributed by atoms with E-state index in [9.17, 15) is 0 Å². The fourth-order valence-corrected chi connectivity index (χ4v) is 0. The molecule has 7 N–H and O–H groups in total. The third-order valence-electron chi connectivity index (χ3n) is 0. The van der Waals surface area contributed by atoms with Crippen LogP contribution in [-0.4, -0.2) is 78.8 Å². The Hall–Kier alpha value is 1.89.